The maximum Gasteiger partial charge on any atom is 0.274 e. The average molecular weight is 651 g/mol. The molecule has 4 aromatic rings. The molecule has 48 heavy (non-hydrogen) atoms. The van der Waals surface area contributed by atoms with Crippen LogP contribution in [0.4, 0.5) is 23.0 Å². The van der Waals surface area contributed by atoms with Crippen LogP contribution in [0.5, 0.6) is 0 Å². The molecule has 0 radical (unpaired) electrons. The lowest BCUT2D eigenvalue weighted by atomic mass is 9.98. The fraction of sp³-hybridized carbons (Fsp3) is 0.389. The van der Waals surface area contributed by atoms with Gasteiger partial charge in [0.15, 0.2) is 0 Å². The molecule has 1 aliphatic carbocycles. The molecule has 12 heteroatoms. The zero-order valence-electron chi connectivity index (χ0n) is 27.5. The zero-order valence-corrected chi connectivity index (χ0v) is 27.5. The van der Waals surface area contributed by atoms with Crippen molar-refractivity contribution in [3.8, 4) is 11.1 Å². The van der Waals surface area contributed by atoms with E-state index < -0.39 is 0 Å². The van der Waals surface area contributed by atoms with Gasteiger partial charge in [0.25, 0.3) is 5.56 Å². The van der Waals surface area contributed by atoms with Crippen LogP contribution in [0, 0.1) is 6.92 Å². The second kappa shape index (κ2) is 13.8. The molecule has 12 nitrogen and oxygen atoms in total. The molecule has 0 atom stereocenters. The fourth-order valence-electron chi connectivity index (χ4n) is 7.02. The highest BCUT2D eigenvalue weighted by molar-refractivity contribution is 5.83. The molecule has 0 unspecified atom stereocenters. The highest BCUT2D eigenvalue weighted by Gasteiger charge is 2.29. The summed E-state index contributed by atoms with van der Waals surface area (Å²) in [5.41, 5.74) is 6.73. The van der Waals surface area contributed by atoms with Crippen molar-refractivity contribution in [2.24, 2.45) is 7.05 Å². The van der Waals surface area contributed by atoms with Gasteiger partial charge in [-0.2, -0.15) is 0 Å². The summed E-state index contributed by atoms with van der Waals surface area (Å²) in [4.78, 5) is 40.9. The molecular weight excluding hydrogens is 608 g/mol. The smallest absolute Gasteiger partial charge is 0.274 e. The summed E-state index contributed by atoms with van der Waals surface area (Å²) >= 11 is 0. The molecule has 2 aliphatic heterocycles. The lowest BCUT2D eigenvalue weighted by Gasteiger charge is -2.43. The minimum Gasteiger partial charge on any atom is -0.392 e. The Bertz CT molecular complexity index is 1870. The summed E-state index contributed by atoms with van der Waals surface area (Å²) in [5.74, 6) is 0.873. The molecule has 2 fully saturated rings. The van der Waals surface area contributed by atoms with Crippen LogP contribution in [-0.2, 0) is 36.0 Å². The number of ether oxygens (including phenoxy) is 1. The maximum atomic E-state index is 13.2. The number of anilines is 4. The predicted octanol–water partition coefficient (Wildman–Crippen LogP) is 3.68. The average Bonchev–Trinajstić information content (AvgIpc) is 3.41. The third-order valence-corrected chi connectivity index (χ3v) is 9.78. The fourth-order valence-corrected chi connectivity index (χ4v) is 7.02. The van der Waals surface area contributed by atoms with Gasteiger partial charge in [0.05, 0.1) is 37.7 Å². The van der Waals surface area contributed by atoms with Gasteiger partial charge in [-0.15, -0.1) is 0 Å². The van der Waals surface area contributed by atoms with E-state index in [4.69, 9.17) is 4.74 Å². The Balaban J connectivity index is 1.11. The number of piperazine rings is 1. The predicted molar refractivity (Wildman–Crippen MR) is 186 cm³/mol. The maximum absolute atomic E-state index is 13.2. The number of hydrogen-bond donors (Lipinski definition) is 2. The molecule has 7 rings (SSSR count). The lowest BCUT2D eigenvalue weighted by molar-refractivity contribution is -0.107. The zero-order chi connectivity index (χ0) is 33.2. The van der Waals surface area contributed by atoms with Crippen LogP contribution in [0.2, 0.25) is 0 Å². The van der Waals surface area contributed by atoms with Crippen molar-refractivity contribution in [3.05, 3.63) is 88.0 Å². The van der Waals surface area contributed by atoms with Gasteiger partial charge in [0.2, 0.25) is 6.41 Å². The van der Waals surface area contributed by atoms with Crippen LogP contribution in [0.15, 0.2) is 59.9 Å². The largest absolute Gasteiger partial charge is 0.392 e. The molecule has 1 amide bonds. The Kier molecular flexibility index (Phi) is 9.11. The van der Waals surface area contributed by atoms with Crippen LogP contribution in [0.1, 0.15) is 35.4 Å². The van der Waals surface area contributed by atoms with Gasteiger partial charge in [-0.05, 0) is 74.1 Å². The quantitative estimate of drug-likeness (QED) is 0.248. The van der Waals surface area contributed by atoms with Crippen LogP contribution in [-0.4, -0.2) is 81.0 Å². The molecular formula is C36H42N8O4. The summed E-state index contributed by atoms with van der Waals surface area (Å²) in [6.07, 6.45) is 13.8. The van der Waals surface area contributed by atoms with Gasteiger partial charge in [0.1, 0.15) is 17.3 Å². The van der Waals surface area contributed by atoms with Crippen molar-refractivity contribution >= 4 is 35.6 Å². The van der Waals surface area contributed by atoms with E-state index in [1.165, 1.54) is 27.1 Å². The van der Waals surface area contributed by atoms with Crippen molar-refractivity contribution < 1.29 is 14.6 Å². The molecule has 2 saturated heterocycles. The van der Waals surface area contributed by atoms with E-state index in [0.29, 0.717) is 46.5 Å². The number of rotatable bonds is 10. The van der Waals surface area contributed by atoms with Gasteiger partial charge < -0.3 is 29.2 Å². The first-order chi connectivity index (χ1) is 23.4. The highest BCUT2D eigenvalue weighted by atomic mass is 16.5. The number of aromatic nitrogens is 4. The van der Waals surface area contributed by atoms with Crippen LogP contribution >= 0.6 is 0 Å². The summed E-state index contributed by atoms with van der Waals surface area (Å²) in [6, 6.07) is 10.2. The van der Waals surface area contributed by atoms with E-state index in [2.05, 4.69) is 42.6 Å². The van der Waals surface area contributed by atoms with E-state index in [9.17, 15) is 14.7 Å². The number of carbonyl (C=O) groups excluding carboxylic acids is 1. The van der Waals surface area contributed by atoms with Crippen LogP contribution < -0.4 is 20.7 Å². The molecule has 250 valence electrons. The Morgan fingerprint density at radius 3 is 2.60 bits per heavy atom. The lowest BCUT2D eigenvalue weighted by Crippen LogP contribution is -2.56. The van der Waals surface area contributed by atoms with Crippen molar-refractivity contribution in [2.75, 3.05) is 54.5 Å². The summed E-state index contributed by atoms with van der Waals surface area (Å²) < 4.78 is 8.98. The standard InChI is InChI=1S/C36H42N8O4/c1-25-17-26-5-3-4-6-33(26)44(25)16-15-43(24-46)35-31(21-45)30(9-10-37-35)27-18-32(36(47)40(2)20-27)39-34-8-7-28(19-38-34)41-11-13-42(14-12-41)29-22-48-23-29/h7-10,15-20,24,29,45H,3-6,11-14,21-23H2,1-2H3,(H,38,39)/b16-15-. The molecule has 3 aliphatic rings. The number of aryl methyl sites for hydroxylation is 3. The first-order valence-electron chi connectivity index (χ1n) is 16.6. The first-order valence-corrected chi connectivity index (χ1v) is 16.6. The summed E-state index contributed by atoms with van der Waals surface area (Å²) in [5, 5.41) is 13.8. The number of aliphatic hydroxyl groups excluding tert-OH is 1. The molecule has 4 aromatic heterocycles. The SMILES string of the molecule is Cc1cc2c(n1/C=C\N(C=O)c1nccc(-c3cc(Nc4ccc(N5CCN(C6COC6)CC5)cn4)c(=O)n(C)c3)c1CO)CCCC2. The minimum atomic E-state index is -0.355. The van der Waals surface area contributed by atoms with Gasteiger partial charge in [-0.1, -0.05) is 0 Å². The monoisotopic (exact) mass is 650 g/mol. The van der Waals surface area contributed by atoms with Crippen molar-refractivity contribution in [1.82, 2.24) is 24.0 Å². The van der Waals surface area contributed by atoms with E-state index in [-0.39, 0.29) is 12.2 Å². The second-order valence-electron chi connectivity index (χ2n) is 12.8. The number of fused-ring (bicyclic) bond motifs is 1. The third kappa shape index (κ3) is 6.26. The molecule has 2 N–H and O–H groups in total. The minimum absolute atomic E-state index is 0.219. The van der Waals surface area contributed by atoms with E-state index >= 15 is 0 Å². The Hall–Kier alpha value is -4.78. The number of nitrogens with zero attached hydrogens (tertiary/aromatic N) is 7. The van der Waals surface area contributed by atoms with Crippen molar-refractivity contribution in [1.29, 1.82) is 0 Å². The Morgan fingerprint density at radius 2 is 1.90 bits per heavy atom. The molecule has 0 aromatic carbocycles. The summed E-state index contributed by atoms with van der Waals surface area (Å²) in [7, 11) is 1.68. The molecule has 0 saturated carbocycles. The first kappa shape index (κ1) is 31.8. The van der Waals surface area contributed by atoms with Crippen molar-refractivity contribution in [3.63, 3.8) is 0 Å². The number of amides is 1. The van der Waals surface area contributed by atoms with Gasteiger partial charge >= 0.3 is 0 Å². The van der Waals surface area contributed by atoms with E-state index in [1.54, 1.807) is 37.8 Å². The third-order valence-electron chi connectivity index (χ3n) is 9.78. The van der Waals surface area contributed by atoms with Gasteiger partial charge in [-0.3, -0.25) is 19.4 Å². The van der Waals surface area contributed by atoms with Crippen LogP contribution in [0.25, 0.3) is 17.3 Å². The summed E-state index contributed by atoms with van der Waals surface area (Å²) in [6.45, 7) is 7.23. The molecule has 6 heterocycles. The molecule has 0 spiro atoms. The van der Waals surface area contributed by atoms with E-state index in [1.807, 2.05) is 24.5 Å². The Labute approximate surface area is 279 Å². The number of hydrogen-bond acceptors (Lipinski definition) is 9. The van der Waals surface area contributed by atoms with Crippen LogP contribution in [0.3, 0.4) is 0 Å². The highest BCUT2D eigenvalue weighted by Crippen LogP contribution is 2.32. The van der Waals surface area contributed by atoms with Gasteiger partial charge in [-0.25, -0.2) is 9.97 Å². The topological polar surface area (TPSA) is 121 Å². The number of pyridine rings is 3. The number of carbonyl (C=O) groups is 1. The number of aliphatic hydroxyl groups is 1. The Morgan fingerprint density at radius 1 is 1.08 bits per heavy atom. The van der Waals surface area contributed by atoms with E-state index in [0.717, 1.165) is 70.0 Å². The molecule has 0 bridgehead atoms. The van der Waals surface area contributed by atoms with Crippen molar-refractivity contribution in [2.45, 2.75) is 45.3 Å². The number of nitrogens with one attached hydrogen (secondary N) is 1. The normalized spacial score (nSPS) is 16.9. The second-order valence-corrected chi connectivity index (χ2v) is 12.8. The van der Waals surface area contributed by atoms with Gasteiger partial charge in [0, 0.05) is 80.5 Å².